The zero-order chi connectivity index (χ0) is 18.2. The van der Waals surface area contributed by atoms with Crippen molar-refractivity contribution in [3.63, 3.8) is 0 Å². The molecule has 134 valence electrons. The van der Waals surface area contributed by atoms with Crippen molar-refractivity contribution >= 4 is 22.2 Å². The SMILES string of the molecule is Cc1ccc(CNC(=O)c2c(N)sc3c2CC[C@@H](C(C)(C)C)C3)cc1. The topological polar surface area (TPSA) is 55.1 Å². The molecule has 1 aliphatic carbocycles. The van der Waals surface area contributed by atoms with Crippen LogP contribution >= 0.6 is 11.3 Å². The number of rotatable bonds is 3. The molecule has 0 aliphatic heterocycles. The highest BCUT2D eigenvalue weighted by molar-refractivity contribution is 7.16. The normalized spacial score (nSPS) is 17.2. The molecule has 0 saturated heterocycles. The Bertz CT molecular complexity index is 768. The van der Waals surface area contributed by atoms with Gasteiger partial charge in [-0.1, -0.05) is 50.6 Å². The summed E-state index contributed by atoms with van der Waals surface area (Å²) >= 11 is 1.61. The van der Waals surface area contributed by atoms with Gasteiger partial charge in [-0.15, -0.1) is 11.3 Å². The average Bonchev–Trinajstić information content (AvgIpc) is 2.88. The fraction of sp³-hybridized carbons (Fsp3) is 0.476. The van der Waals surface area contributed by atoms with Gasteiger partial charge in [-0.2, -0.15) is 0 Å². The van der Waals surface area contributed by atoms with Crippen LogP contribution in [0.25, 0.3) is 0 Å². The number of nitrogen functional groups attached to an aromatic ring is 1. The molecule has 1 amide bonds. The van der Waals surface area contributed by atoms with Crippen molar-refractivity contribution in [1.29, 1.82) is 0 Å². The van der Waals surface area contributed by atoms with Crippen LogP contribution in [0.1, 0.15) is 59.1 Å². The van der Waals surface area contributed by atoms with Crippen LogP contribution in [0.3, 0.4) is 0 Å². The minimum absolute atomic E-state index is 0.0372. The molecule has 1 aromatic carbocycles. The van der Waals surface area contributed by atoms with E-state index in [9.17, 15) is 4.79 Å². The maximum atomic E-state index is 12.7. The number of aryl methyl sites for hydroxylation is 1. The molecule has 0 unspecified atom stereocenters. The highest BCUT2D eigenvalue weighted by Gasteiger charge is 2.33. The van der Waals surface area contributed by atoms with Crippen LogP contribution in [0.15, 0.2) is 24.3 Å². The minimum Gasteiger partial charge on any atom is -0.390 e. The molecule has 0 radical (unpaired) electrons. The van der Waals surface area contributed by atoms with E-state index in [4.69, 9.17) is 5.73 Å². The second-order valence-electron chi connectivity index (χ2n) is 8.22. The molecule has 0 fully saturated rings. The number of carbonyl (C=O) groups excluding carboxylic acids is 1. The lowest BCUT2D eigenvalue weighted by molar-refractivity contribution is 0.0950. The van der Waals surface area contributed by atoms with Crippen LogP contribution in [-0.2, 0) is 19.4 Å². The molecule has 0 saturated carbocycles. The molecule has 25 heavy (non-hydrogen) atoms. The van der Waals surface area contributed by atoms with Gasteiger partial charge in [0.25, 0.3) is 5.91 Å². The summed E-state index contributed by atoms with van der Waals surface area (Å²) < 4.78 is 0. The Morgan fingerprint density at radius 3 is 2.60 bits per heavy atom. The molecular weight excluding hydrogens is 328 g/mol. The molecule has 0 spiro atoms. The van der Waals surface area contributed by atoms with E-state index in [2.05, 4.69) is 57.3 Å². The first-order valence-electron chi connectivity index (χ1n) is 8.99. The summed E-state index contributed by atoms with van der Waals surface area (Å²) in [5.41, 5.74) is 10.8. The highest BCUT2D eigenvalue weighted by atomic mass is 32.1. The van der Waals surface area contributed by atoms with Gasteiger partial charge in [-0.05, 0) is 48.6 Å². The largest absolute Gasteiger partial charge is 0.390 e. The second kappa shape index (κ2) is 6.83. The Morgan fingerprint density at radius 1 is 1.28 bits per heavy atom. The zero-order valence-electron chi connectivity index (χ0n) is 15.6. The Labute approximate surface area is 154 Å². The lowest BCUT2D eigenvalue weighted by Gasteiger charge is -2.33. The van der Waals surface area contributed by atoms with Crippen LogP contribution in [0.2, 0.25) is 0 Å². The van der Waals surface area contributed by atoms with Crippen molar-refractivity contribution in [2.45, 2.75) is 53.5 Å². The van der Waals surface area contributed by atoms with Crippen molar-refractivity contribution in [3.8, 4) is 0 Å². The molecule has 3 N–H and O–H groups in total. The van der Waals surface area contributed by atoms with Gasteiger partial charge in [-0.3, -0.25) is 4.79 Å². The second-order valence-corrected chi connectivity index (χ2v) is 9.35. The first-order chi connectivity index (χ1) is 11.8. The quantitative estimate of drug-likeness (QED) is 0.836. The zero-order valence-corrected chi connectivity index (χ0v) is 16.4. The fourth-order valence-electron chi connectivity index (χ4n) is 3.57. The van der Waals surface area contributed by atoms with Crippen LogP contribution in [0.4, 0.5) is 5.00 Å². The fourth-order valence-corrected chi connectivity index (χ4v) is 4.77. The summed E-state index contributed by atoms with van der Waals surface area (Å²) in [6.45, 7) is 9.50. The first-order valence-corrected chi connectivity index (χ1v) is 9.81. The molecule has 0 bridgehead atoms. The van der Waals surface area contributed by atoms with Gasteiger partial charge in [0.15, 0.2) is 0 Å². The predicted molar refractivity (Wildman–Crippen MR) is 106 cm³/mol. The first kappa shape index (κ1) is 18.0. The van der Waals surface area contributed by atoms with Crippen LogP contribution in [0, 0.1) is 18.3 Å². The van der Waals surface area contributed by atoms with Gasteiger partial charge in [-0.25, -0.2) is 0 Å². The van der Waals surface area contributed by atoms with E-state index in [0.29, 0.717) is 22.9 Å². The van der Waals surface area contributed by atoms with Crippen molar-refractivity contribution in [2.24, 2.45) is 11.3 Å². The Morgan fingerprint density at radius 2 is 1.96 bits per heavy atom. The molecule has 4 heteroatoms. The molecular formula is C21H28N2OS. The average molecular weight is 357 g/mol. The number of benzene rings is 1. The number of nitrogens with two attached hydrogens (primary N) is 1. The summed E-state index contributed by atoms with van der Waals surface area (Å²) in [4.78, 5) is 14.0. The van der Waals surface area contributed by atoms with Gasteiger partial charge in [0.05, 0.1) is 10.6 Å². The number of fused-ring (bicyclic) bond motifs is 1. The third-order valence-electron chi connectivity index (χ3n) is 5.32. The van der Waals surface area contributed by atoms with Gasteiger partial charge in [0.1, 0.15) is 0 Å². The maximum absolute atomic E-state index is 12.7. The standard InChI is InChI=1S/C21H28N2OS/c1-13-5-7-14(8-6-13)12-23-20(24)18-16-10-9-15(21(2,3)4)11-17(16)25-19(18)22/h5-8,15H,9-12,22H2,1-4H3,(H,23,24)/t15-/m1/s1. The van der Waals surface area contributed by atoms with Crippen molar-refractivity contribution in [3.05, 3.63) is 51.4 Å². The van der Waals surface area contributed by atoms with Gasteiger partial charge >= 0.3 is 0 Å². The van der Waals surface area contributed by atoms with E-state index in [1.54, 1.807) is 11.3 Å². The number of amides is 1. The van der Waals surface area contributed by atoms with Crippen LogP contribution < -0.4 is 11.1 Å². The number of carbonyl (C=O) groups is 1. The van der Waals surface area contributed by atoms with Gasteiger partial charge in [0, 0.05) is 11.4 Å². The minimum atomic E-state index is -0.0372. The molecule has 1 aromatic heterocycles. The molecule has 2 aromatic rings. The van der Waals surface area contributed by atoms with Crippen molar-refractivity contribution in [1.82, 2.24) is 5.32 Å². The number of hydrogen-bond acceptors (Lipinski definition) is 3. The number of thiophene rings is 1. The lowest BCUT2D eigenvalue weighted by Crippen LogP contribution is -2.28. The number of anilines is 1. The van der Waals surface area contributed by atoms with E-state index in [0.717, 1.165) is 30.4 Å². The Balaban J connectivity index is 1.74. The highest BCUT2D eigenvalue weighted by Crippen LogP contribution is 2.43. The smallest absolute Gasteiger partial charge is 0.254 e. The Hall–Kier alpha value is -1.81. The predicted octanol–water partition coefficient (Wildman–Crippen LogP) is 4.72. The number of nitrogens with one attached hydrogen (secondary N) is 1. The van der Waals surface area contributed by atoms with E-state index in [-0.39, 0.29) is 5.91 Å². The summed E-state index contributed by atoms with van der Waals surface area (Å²) in [5, 5.41) is 3.71. The van der Waals surface area contributed by atoms with E-state index < -0.39 is 0 Å². The van der Waals surface area contributed by atoms with E-state index in [1.807, 2.05) is 0 Å². The van der Waals surface area contributed by atoms with Crippen LogP contribution in [0.5, 0.6) is 0 Å². The third-order valence-corrected chi connectivity index (χ3v) is 6.40. The van der Waals surface area contributed by atoms with Crippen molar-refractivity contribution in [2.75, 3.05) is 5.73 Å². The van der Waals surface area contributed by atoms with E-state index in [1.165, 1.54) is 16.0 Å². The Kier molecular flexibility index (Phi) is 4.92. The lowest BCUT2D eigenvalue weighted by atomic mass is 9.72. The molecule has 3 nitrogen and oxygen atoms in total. The van der Waals surface area contributed by atoms with Crippen LogP contribution in [-0.4, -0.2) is 5.91 Å². The van der Waals surface area contributed by atoms with Gasteiger partial charge in [0.2, 0.25) is 0 Å². The van der Waals surface area contributed by atoms with Gasteiger partial charge < -0.3 is 11.1 Å². The summed E-state index contributed by atoms with van der Waals surface area (Å²) in [5.74, 6) is 0.617. The summed E-state index contributed by atoms with van der Waals surface area (Å²) in [7, 11) is 0. The molecule has 1 atom stereocenters. The van der Waals surface area contributed by atoms with E-state index >= 15 is 0 Å². The summed E-state index contributed by atoms with van der Waals surface area (Å²) in [6.07, 6.45) is 3.13. The summed E-state index contributed by atoms with van der Waals surface area (Å²) in [6, 6.07) is 8.23. The monoisotopic (exact) mass is 356 g/mol. The number of hydrogen-bond donors (Lipinski definition) is 2. The third kappa shape index (κ3) is 3.90. The molecule has 3 rings (SSSR count). The molecule has 1 heterocycles. The van der Waals surface area contributed by atoms with Crippen molar-refractivity contribution < 1.29 is 4.79 Å². The molecule has 1 aliphatic rings. The maximum Gasteiger partial charge on any atom is 0.254 e.